The second-order valence-corrected chi connectivity index (χ2v) is 3.52. The Morgan fingerprint density at radius 2 is 2.40 bits per heavy atom. The number of aromatic amines is 1. The van der Waals surface area contributed by atoms with Crippen LogP contribution in [0.4, 0.5) is 5.82 Å². The standard InChI is InChI=1S/C9H15ClN4O/c1-3-11-4-5-14(2)8-7(10)9(15)13-6-12-8/h6,11H,3-5H2,1-2H3,(H,12,13,15). The molecule has 0 unspecified atom stereocenters. The summed E-state index contributed by atoms with van der Waals surface area (Å²) >= 11 is 5.83. The van der Waals surface area contributed by atoms with E-state index >= 15 is 0 Å². The van der Waals surface area contributed by atoms with E-state index in [4.69, 9.17) is 11.6 Å². The number of nitrogens with one attached hydrogen (secondary N) is 2. The fraction of sp³-hybridized carbons (Fsp3) is 0.556. The van der Waals surface area contributed by atoms with Crippen LogP contribution in [0, 0.1) is 0 Å². The zero-order chi connectivity index (χ0) is 11.3. The topological polar surface area (TPSA) is 61.0 Å². The molecular formula is C9H15ClN4O. The van der Waals surface area contributed by atoms with Gasteiger partial charge in [0.1, 0.15) is 5.02 Å². The predicted molar refractivity (Wildman–Crippen MR) is 61.7 cm³/mol. The van der Waals surface area contributed by atoms with Gasteiger partial charge in [0.05, 0.1) is 6.33 Å². The number of rotatable bonds is 5. The lowest BCUT2D eigenvalue weighted by Crippen LogP contribution is -2.30. The average molecular weight is 231 g/mol. The van der Waals surface area contributed by atoms with Gasteiger partial charge in [0, 0.05) is 20.1 Å². The van der Waals surface area contributed by atoms with Gasteiger partial charge in [0.25, 0.3) is 5.56 Å². The minimum Gasteiger partial charge on any atom is -0.357 e. The Hall–Kier alpha value is -1.07. The predicted octanol–water partition coefficient (Wildman–Crippen LogP) is 0.469. The molecular weight excluding hydrogens is 216 g/mol. The highest BCUT2D eigenvalue weighted by molar-refractivity contribution is 6.32. The molecule has 6 heteroatoms. The molecule has 0 aliphatic heterocycles. The number of hydrogen-bond donors (Lipinski definition) is 2. The first-order valence-corrected chi connectivity index (χ1v) is 5.19. The maximum absolute atomic E-state index is 11.2. The molecule has 1 aromatic rings. The normalized spacial score (nSPS) is 10.3. The van der Waals surface area contributed by atoms with Gasteiger partial charge in [-0.3, -0.25) is 4.79 Å². The number of aromatic nitrogens is 2. The first-order valence-electron chi connectivity index (χ1n) is 4.81. The number of hydrogen-bond acceptors (Lipinski definition) is 4. The molecule has 0 amide bonds. The highest BCUT2D eigenvalue weighted by Gasteiger charge is 2.09. The lowest BCUT2D eigenvalue weighted by Gasteiger charge is -2.18. The lowest BCUT2D eigenvalue weighted by molar-refractivity contribution is 0.702. The Bertz CT molecular complexity index is 365. The van der Waals surface area contributed by atoms with Gasteiger partial charge in [-0.2, -0.15) is 0 Å². The van der Waals surface area contributed by atoms with Crippen molar-refractivity contribution in [2.75, 3.05) is 31.6 Å². The second kappa shape index (κ2) is 5.72. The molecule has 0 aliphatic carbocycles. The van der Waals surface area contributed by atoms with Gasteiger partial charge in [0.2, 0.25) is 0 Å². The van der Waals surface area contributed by atoms with Crippen LogP contribution in [0.2, 0.25) is 5.02 Å². The van der Waals surface area contributed by atoms with Gasteiger partial charge in [-0.15, -0.1) is 0 Å². The van der Waals surface area contributed by atoms with Crippen LogP contribution in [-0.2, 0) is 0 Å². The molecule has 15 heavy (non-hydrogen) atoms. The van der Waals surface area contributed by atoms with E-state index in [2.05, 4.69) is 15.3 Å². The van der Waals surface area contributed by atoms with E-state index in [-0.39, 0.29) is 10.6 Å². The molecule has 0 aromatic carbocycles. The Balaban J connectivity index is 2.69. The molecule has 0 bridgehead atoms. The van der Waals surface area contributed by atoms with E-state index in [0.29, 0.717) is 5.82 Å². The van der Waals surface area contributed by atoms with Crippen molar-refractivity contribution in [1.82, 2.24) is 15.3 Å². The van der Waals surface area contributed by atoms with Crippen molar-refractivity contribution in [2.24, 2.45) is 0 Å². The van der Waals surface area contributed by atoms with Crippen LogP contribution in [0.5, 0.6) is 0 Å². The van der Waals surface area contributed by atoms with Crippen molar-refractivity contribution in [3.63, 3.8) is 0 Å². The monoisotopic (exact) mass is 230 g/mol. The Labute approximate surface area is 93.5 Å². The summed E-state index contributed by atoms with van der Waals surface area (Å²) in [7, 11) is 1.85. The summed E-state index contributed by atoms with van der Waals surface area (Å²) in [5.41, 5.74) is -0.308. The van der Waals surface area contributed by atoms with Gasteiger partial charge in [-0.05, 0) is 6.54 Å². The number of H-pyrrole nitrogens is 1. The zero-order valence-corrected chi connectivity index (χ0v) is 9.64. The van der Waals surface area contributed by atoms with Gasteiger partial charge >= 0.3 is 0 Å². The van der Waals surface area contributed by atoms with E-state index in [1.165, 1.54) is 6.33 Å². The minimum atomic E-state index is -0.308. The molecule has 1 rings (SSSR count). The summed E-state index contributed by atoms with van der Waals surface area (Å²) in [5, 5.41) is 3.32. The van der Waals surface area contributed by atoms with Crippen LogP contribution in [0.15, 0.2) is 11.1 Å². The van der Waals surface area contributed by atoms with Crippen LogP contribution in [0.25, 0.3) is 0 Å². The summed E-state index contributed by atoms with van der Waals surface area (Å²) < 4.78 is 0. The zero-order valence-electron chi connectivity index (χ0n) is 8.88. The quantitative estimate of drug-likeness (QED) is 0.722. The first kappa shape index (κ1) is 12.0. The fourth-order valence-electron chi connectivity index (χ4n) is 1.17. The molecule has 1 aromatic heterocycles. The highest BCUT2D eigenvalue weighted by atomic mass is 35.5. The molecule has 0 atom stereocenters. The Morgan fingerprint density at radius 3 is 3.07 bits per heavy atom. The van der Waals surface area contributed by atoms with Crippen molar-refractivity contribution in [3.05, 3.63) is 21.7 Å². The van der Waals surface area contributed by atoms with Crippen LogP contribution in [-0.4, -0.2) is 36.6 Å². The van der Waals surface area contributed by atoms with E-state index in [9.17, 15) is 4.79 Å². The molecule has 1 heterocycles. The smallest absolute Gasteiger partial charge is 0.271 e. The van der Waals surface area contributed by atoms with Gasteiger partial charge < -0.3 is 15.2 Å². The van der Waals surface area contributed by atoms with Gasteiger partial charge in [-0.25, -0.2) is 4.98 Å². The summed E-state index contributed by atoms with van der Waals surface area (Å²) in [6.07, 6.45) is 1.35. The fourth-order valence-corrected chi connectivity index (χ4v) is 1.42. The maximum atomic E-state index is 11.2. The van der Waals surface area contributed by atoms with Gasteiger partial charge in [0.15, 0.2) is 5.82 Å². The minimum absolute atomic E-state index is 0.136. The maximum Gasteiger partial charge on any atom is 0.271 e. The molecule has 5 nitrogen and oxygen atoms in total. The van der Waals surface area contributed by atoms with Gasteiger partial charge in [-0.1, -0.05) is 18.5 Å². The van der Waals surface area contributed by atoms with Crippen molar-refractivity contribution in [1.29, 1.82) is 0 Å². The Kier molecular flexibility index (Phi) is 4.58. The molecule has 84 valence electrons. The summed E-state index contributed by atoms with van der Waals surface area (Å²) in [6, 6.07) is 0. The largest absolute Gasteiger partial charge is 0.357 e. The van der Waals surface area contributed by atoms with Crippen molar-refractivity contribution in [3.8, 4) is 0 Å². The van der Waals surface area contributed by atoms with Crippen LogP contribution in [0.1, 0.15) is 6.92 Å². The number of nitrogens with zero attached hydrogens (tertiary/aromatic N) is 2. The first-order chi connectivity index (χ1) is 7.16. The second-order valence-electron chi connectivity index (χ2n) is 3.14. The highest BCUT2D eigenvalue weighted by Crippen LogP contribution is 2.15. The third kappa shape index (κ3) is 3.21. The van der Waals surface area contributed by atoms with Crippen LogP contribution in [0.3, 0.4) is 0 Å². The molecule has 2 N–H and O–H groups in total. The van der Waals surface area contributed by atoms with E-state index in [1.54, 1.807) is 0 Å². The number of likely N-dealkylation sites (N-methyl/N-ethyl adjacent to an activating group) is 2. The van der Waals surface area contributed by atoms with E-state index in [1.807, 2.05) is 18.9 Å². The molecule has 0 aliphatic rings. The molecule has 0 radical (unpaired) electrons. The molecule has 0 fully saturated rings. The SMILES string of the molecule is CCNCCN(C)c1nc[nH]c(=O)c1Cl. The summed E-state index contributed by atoms with van der Waals surface area (Å²) in [6.45, 7) is 4.55. The molecule has 0 saturated carbocycles. The van der Waals surface area contributed by atoms with Crippen LogP contribution >= 0.6 is 11.6 Å². The third-order valence-electron chi connectivity index (χ3n) is 2.01. The number of halogens is 1. The number of anilines is 1. The average Bonchev–Trinajstić information content (AvgIpc) is 2.22. The van der Waals surface area contributed by atoms with Crippen LogP contribution < -0.4 is 15.8 Å². The van der Waals surface area contributed by atoms with E-state index < -0.39 is 0 Å². The summed E-state index contributed by atoms with van der Waals surface area (Å²) in [5.74, 6) is 0.512. The van der Waals surface area contributed by atoms with Crippen molar-refractivity contribution >= 4 is 17.4 Å². The lowest BCUT2D eigenvalue weighted by atomic mass is 10.4. The Morgan fingerprint density at radius 1 is 1.67 bits per heavy atom. The third-order valence-corrected chi connectivity index (χ3v) is 2.35. The molecule has 0 spiro atoms. The van der Waals surface area contributed by atoms with E-state index in [0.717, 1.165) is 19.6 Å². The van der Waals surface area contributed by atoms with Crippen molar-refractivity contribution in [2.45, 2.75) is 6.92 Å². The summed E-state index contributed by atoms with van der Waals surface area (Å²) in [4.78, 5) is 19.5. The molecule has 0 saturated heterocycles. The van der Waals surface area contributed by atoms with Crippen molar-refractivity contribution < 1.29 is 0 Å².